The van der Waals surface area contributed by atoms with Crippen LogP contribution in [0.4, 0.5) is 0 Å². The zero-order valence-corrected chi connectivity index (χ0v) is 34.2. The molecule has 0 heterocycles. The highest BCUT2D eigenvalue weighted by atomic mass is 32.1. The molecule has 0 radical (unpaired) electrons. The molecule has 0 aliphatic heterocycles. The molecular formula is C35H80O21S. The van der Waals surface area contributed by atoms with Crippen LogP contribution >= 0.6 is 12.6 Å². The van der Waals surface area contributed by atoms with Crippen molar-refractivity contribution in [2.45, 2.75) is 151 Å². The maximum Gasteiger partial charge on any atom is 0.185 e. The number of hydrogen-bond acceptors (Lipinski definition) is 21. The Morgan fingerprint density at radius 1 is 0.316 bits per heavy atom. The molecule has 0 saturated carbocycles. The number of carbonyl (C=O) groups is 1. The molecule has 21 nitrogen and oxygen atoms in total. The topological polar surface area (TPSA) is 422 Å². The van der Waals surface area contributed by atoms with E-state index in [1.54, 1.807) is 0 Å². The zero-order valence-electron chi connectivity index (χ0n) is 33.3. The fourth-order valence-corrected chi connectivity index (χ4v) is 3.49. The van der Waals surface area contributed by atoms with Crippen LogP contribution in [-0.2, 0) is 4.79 Å². The Bertz CT molecular complexity index is 618. The van der Waals surface area contributed by atoms with E-state index in [0.717, 1.165) is 6.42 Å². The molecular weight excluding hydrogens is 788 g/mol. The van der Waals surface area contributed by atoms with Crippen LogP contribution in [0.25, 0.3) is 0 Å². The Balaban J connectivity index is -0.000000142. The Morgan fingerprint density at radius 2 is 0.456 bits per heavy atom. The van der Waals surface area contributed by atoms with Crippen LogP contribution in [0.5, 0.6) is 0 Å². The van der Waals surface area contributed by atoms with Gasteiger partial charge in [0, 0.05) is 6.42 Å². The Labute approximate surface area is 341 Å². The van der Waals surface area contributed by atoms with Gasteiger partial charge in [0.05, 0.1) is 66.1 Å². The fourth-order valence-electron chi connectivity index (χ4n) is 3.33. The maximum absolute atomic E-state index is 10.6. The first kappa shape index (κ1) is 68.0. The van der Waals surface area contributed by atoms with Crippen LogP contribution in [0.2, 0.25) is 0 Å². The van der Waals surface area contributed by atoms with E-state index in [-0.39, 0.29) is 5.12 Å². The number of rotatable bonds is 28. The average Bonchev–Trinajstić information content (AvgIpc) is 3.24. The number of hydrogen-bond donors (Lipinski definition) is 21. The molecule has 57 heavy (non-hydrogen) atoms. The van der Waals surface area contributed by atoms with E-state index in [2.05, 4.69) is 19.6 Å². The lowest BCUT2D eigenvalue weighted by molar-refractivity contribution is -0.110. The summed E-state index contributed by atoms with van der Waals surface area (Å²) in [6.45, 7) is -3.00. The molecule has 0 aromatic heterocycles. The largest absolute Gasteiger partial charge is 0.394 e. The molecule has 0 aliphatic carbocycles. The van der Waals surface area contributed by atoms with Gasteiger partial charge in [0.15, 0.2) is 5.12 Å². The quantitative estimate of drug-likeness (QED) is 0.0257. The third-order valence-corrected chi connectivity index (χ3v) is 7.56. The SMILES string of the molecule is CCCCCCCCCCCCCCC(=O)S.OC[C@@H](O)[C@@H](O)CO.OC[C@@H](O)[C@@H](O)CO.OC[C@@H](O)[C@@H](O)CO.OC[C@@H](O)[C@@H](O)CO.OC[C@@H](O)[C@@H](O)CO. The highest BCUT2D eigenvalue weighted by Crippen LogP contribution is 2.12. The lowest BCUT2D eigenvalue weighted by atomic mass is 10.0. The molecule has 22 heteroatoms. The maximum atomic E-state index is 10.6. The second-order valence-corrected chi connectivity index (χ2v) is 13.0. The summed E-state index contributed by atoms with van der Waals surface area (Å²) >= 11 is 3.77. The van der Waals surface area contributed by atoms with Crippen molar-refractivity contribution in [3.8, 4) is 0 Å². The van der Waals surface area contributed by atoms with Crippen molar-refractivity contribution in [2.75, 3.05) is 66.1 Å². The van der Waals surface area contributed by atoms with Crippen LogP contribution in [0, 0.1) is 0 Å². The van der Waals surface area contributed by atoms with Gasteiger partial charge in [0.25, 0.3) is 0 Å². The normalized spacial score (nSPS) is 15.8. The van der Waals surface area contributed by atoms with Gasteiger partial charge in [-0.25, -0.2) is 0 Å². The molecule has 0 saturated heterocycles. The molecule has 0 fully saturated rings. The highest BCUT2D eigenvalue weighted by molar-refractivity contribution is 7.96. The van der Waals surface area contributed by atoms with Gasteiger partial charge in [0.1, 0.15) is 61.0 Å². The van der Waals surface area contributed by atoms with Gasteiger partial charge >= 0.3 is 0 Å². The molecule has 10 atom stereocenters. The predicted octanol–water partition coefficient (Wildman–Crippen LogP) is -6.00. The van der Waals surface area contributed by atoms with Crippen LogP contribution in [-0.4, -0.2) is 234 Å². The minimum atomic E-state index is -1.22. The minimum absolute atomic E-state index is 0.0390. The van der Waals surface area contributed by atoms with Gasteiger partial charge in [0.2, 0.25) is 0 Å². The molecule has 0 rings (SSSR count). The summed E-state index contributed by atoms with van der Waals surface area (Å²) in [6, 6.07) is 0. The van der Waals surface area contributed by atoms with E-state index >= 15 is 0 Å². The van der Waals surface area contributed by atoms with E-state index in [1.165, 1.54) is 70.6 Å². The van der Waals surface area contributed by atoms with E-state index in [0.29, 0.717) is 6.42 Å². The first-order valence-electron chi connectivity index (χ1n) is 19.0. The van der Waals surface area contributed by atoms with Crippen molar-refractivity contribution in [2.24, 2.45) is 0 Å². The van der Waals surface area contributed by atoms with Gasteiger partial charge in [-0.3, -0.25) is 4.79 Å². The van der Waals surface area contributed by atoms with Gasteiger partial charge in [-0.05, 0) is 6.42 Å². The van der Waals surface area contributed by atoms with Gasteiger partial charge < -0.3 is 102 Å². The van der Waals surface area contributed by atoms with Crippen LogP contribution < -0.4 is 0 Å². The van der Waals surface area contributed by atoms with Gasteiger partial charge in [-0.1, -0.05) is 77.6 Å². The van der Waals surface area contributed by atoms with Crippen molar-refractivity contribution in [3.05, 3.63) is 0 Å². The molecule has 0 aromatic rings. The third kappa shape index (κ3) is 55.2. The molecule has 0 bridgehead atoms. The first-order valence-corrected chi connectivity index (χ1v) is 19.4. The molecule has 0 aromatic carbocycles. The molecule has 0 aliphatic rings. The number of unbranched alkanes of at least 4 members (excludes halogenated alkanes) is 11. The van der Waals surface area contributed by atoms with Crippen LogP contribution in [0.3, 0.4) is 0 Å². The monoisotopic (exact) mass is 868 g/mol. The predicted molar refractivity (Wildman–Crippen MR) is 211 cm³/mol. The summed E-state index contributed by atoms with van der Waals surface area (Å²) in [6.07, 6.45) is 4.51. The van der Waals surface area contributed by atoms with Gasteiger partial charge in [-0.15, -0.1) is 12.6 Å². The van der Waals surface area contributed by atoms with Crippen LogP contribution in [0.1, 0.15) is 90.4 Å². The second-order valence-electron chi connectivity index (χ2n) is 12.5. The molecule has 352 valence electrons. The Morgan fingerprint density at radius 3 is 0.579 bits per heavy atom. The number of thiol groups is 1. The smallest absolute Gasteiger partial charge is 0.185 e. The number of carbonyl (C=O) groups excluding carboxylic acids is 1. The highest BCUT2D eigenvalue weighted by Gasteiger charge is 2.14. The van der Waals surface area contributed by atoms with Gasteiger partial charge in [-0.2, -0.15) is 0 Å². The van der Waals surface area contributed by atoms with Crippen molar-refractivity contribution < 1.29 is 107 Å². The standard InChI is InChI=1S/C15H30OS.5C4H10O4/c1-2-3-4-5-6-7-8-9-10-11-12-13-14-15(16)17;5*5-1-3(7)4(8)2-6/h2-14H2,1H3,(H,16,17);5*3-8H,1-2H2/t;5*3-,4+. The summed E-state index contributed by atoms with van der Waals surface area (Å²) in [5.41, 5.74) is 0. The van der Waals surface area contributed by atoms with Crippen LogP contribution in [0.15, 0.2) is 0 Å². The summed E-state index contributed by atoms with van der Waals surface area (Å²) in [5, 5.41) is 166. The average molecular weight is 869 g/mol. The van der Waals surface area contributed by atoms with E-state index < -0.39 is 127 Å². The van der Waals surface area contributed by atoms with Crippen molar-refractivity contribution in [1.82, 2.24) is 0 Å². The van der Waals surface area contributed by atoms with E-state index in [1.807, 2.05) is 0 Å². The van der Waals surface area contributed by atoms with E-state index in [4.69, 9.17) is 102 Å². The molecule has 0 amide bonds. The van der Waals surface area contributed by atoms with Crippen molar-refractivity contribution in [3.63, 3.8) is 0 Å². The number of aliphatic hydroxyl groups is 20. The van der Waals surface area contributed by atoms with Crippen molar-refractivity contribution in [1.29, 1.82) is 0 Å². The second kappa shape index (κ2) is 53.2. The summed E-state index contributed by atoms with van der Waals surface area (Å²) in [5.74, 6) is 0. The van der Waals surface area contributed by atoms with E-state index in [9.17, 15) is 4.79 Å². The molecule has 0 unspecified atom stereocenters. The lowest BCUT2D eigenvalue weighted by Gasteiger charge is -2.10. The summed E-state index contributed by atoms with van der Waals surface area (Å²) in [4.78, 5) is 10.6. The number of aliphatic hydroxyl groups excluding tert-OH is 20. The third-order valence-electron chi connectivity index (χ3n) is 7.34. The molecule has 20 N–H and O–H groups in total. The first-order chi connectivity index (χ1) is 26.9. The summed E-state index contributed by atoms with van der Waals surface area (Å²) < 4.78 is 0. The van der Waals surface area contributed by atoms with Crippen molar-refractivity contribution >= 4 is 17.7 Å². The Hall–Kier alpha value is -0.780. The Kier molecular flexibility index (Phi) is 63.5. The fraction of sp³-hybridized carbons (Fsp3) is 0.971. The summed E-state index contributed by atoms with van der Waals surface area (Å²) in [7, 11) is 0. The minimum Gasteiger partial charge on any atom is -0.394 e. The zero-order chi connectivity index (χ0) is 45.6. The molecule has 0 spiro atoms. The lowest BCUT2D eigenvalue weighted by Crippen LogP contribution is -2.31.